The van der Waals surface area contributed by atoms with E-state index in [1.165, 1.54) is 11.8 Å². The molecule has 0 saturated heterocycles. The molecule has 66 valence electrons. The Bertz CT molecular complexity index is 347. The van der Waals surface area contributed by atoms with Gasteiger partial charge in [-0.05, 0) is 6.07 Å². The fourth-order valence-corrected chi connectivity index (χ4v) is 1.38. The number of nitrogens with one attached hydrogen (secondary N) is 1. The van der Waals surface area contributed by atoms with E-state index >= 15 is 0 Å². The van der Waals surface area contributed by atoms with Gasteiger partial charge in [-0.1, -0.05) is 17.0 Å². The summed E-state index contributed by atoms with van der Waals surface area (Å²) in [5, 5.41) is 14.2. The highest BCUT2D eigenvalue weighted by Crippen LogP contribution is 2.14. The lowest BCUT2D eigenvalue weighted by atomic mass is 10.7. The molecule has 0 fully saturated rings. The van der Waals surface area contributed by atoms with E-state index in [4.69, 9.17) is 0 Å². The van der Waals surface area contributed by atoms with Crippen LogP contribution in [0.25, 0.3) is 0 Å². The second kappa shape index (κ2) is 3.94. The summed E-state index contributed by atoms with van der Waals surface area (Å²) in [6.45, 7) is 0. The van der Waals surface area contributed by atoms with E-state index in [0.29, 0.717) is 16.7 Å². The van der Waals surface area contributed by atoms with Gasteiger partial charge in [0.25, 0.3) is 0 Å². The Morgan fingerprint density at radius 3 is 2.85 bits per heavy atom. The molecular weight excluding hydrogens is 188 g/mol. The summed E-state index contributed by atoms with van der Waals surface area (Å²) in [7, 11) is 0. The second-order valence-corrected chi connectivity index (χ2v) is 3.09. The third kappa shape index (κ3) is 2.22. The molecule has 2 rings (SSSR count). The molecule has 0 atom stereocenters. The number of aromatic nitrogens is 6. The molecule has 0 bridgehead atoms. The third-order valence-electron chi connectivity index (χ3n) is 1.26. The largest absolute Gasteiger partial charge is 0.231 e. The van der Waals surface area contributed by atoms with Crippen molar-refractivity contribution in [3.8, 4) is 0 Å². The number of hydrogen-bond acceptors (Lipinski definition) is 6. The van der Waals surface area contributed by atoms with Crippen molar-refractivity contribution in [1.29, 1.82) is 0 Å². The summed E-state index contributed by atoms with van der Waals surface area (Å²) in [6.07, 6.45) is 3.40. The predicted molar refractivity (Wildman–Crippen MR) is 45.8 cm³/mol. The summed E-state index contributed by atoms with van der Waals surface area (Å²) >= 11 is 1.47. The van der Waals surface area contributed by atoms with E-state index in [9.17, 15) is 0 Å². The van der Waals surface area contributed by atoms with Crippen molar-refractivity contribution < 1.29 is 0 Å². The summed E-state index contributed by atoms with van der Waals surface area (Å²) in [6, 6.07) is 1.78. The van der Waals surface area contributed by atoms with Crippen LogP contribution in [0.1, 0.15) is 5.82 Å². The molecule has 0 aliphatic rings. The Balaban J connectivity index is 1.94. The Kier molecular flexibility index (Phi) is 2.46. The molecule has 0 radical (unpaired) electrons. The topological polar surface area (TPSA) is 80.2 Å². The van der Waals surface area contributed by atoms with Gasteiger partial charge in [0.2, 0.25) is 0 Å². The molecule has 0 spiro atoms. The van der Waals surface area contributed by atoms with E-state index in [1.807, 2.05) is 0 Å². The number of nitrogens with zero attached hydrogens (tertiary/aromatic N) is 5. The maximum atomic E-state index is 4.04. The minimum atomic E-state index is 0.626. The Morgan fingerprint density at radius 2 is 2.15 bits per heavy atom. The van der Waals surface area contributed by atoms with Crippen molar-refractivity contribution in [2.75, 3.05) is 0 Å². The molecule has 0 amide bonds. The Hall–Kier alpha value is -1.50. The molecule has 0 saturated carbocycles. The number of hydrogen-bond donors (Lipinski definition) is 1. The third-order valence-corrected chi connectivity index (χ3v) is 2.13. The highest BCUT2D eigenvalue weighted by molar-refractivity contribution is 7.98. The van der Waals surface area contributed by atoms with Gasteiger partial charge in [0.15, 0.2) is 11.0 Å². The van der Waals surface area contributed by atoms with Crippen LogP contribution < -0.4 is 0 Å². The molecule has 1 N–H and O–H groups in total. The zero-order valence-electron chi connectivity index (χ0n) is 6.58. The number of thioether (sulfide) groups is 1. The van der Waals surface area contributed by atoms with Crippen molar-refractivity contribution in [2.45, 2.75) is 10.9 Å². The van der Waals surface area contributed by atoms with Crippen LogP contribution >= 0.6 is 11.8 Å². The lowest BCUT2D eigenvalue weighted by Crippen LogP contribution is -1.87. The van der Waals surface area contributed by atoms with E-state index in [2.05, 4.69) is 30.6 Å². The molecule has 13 heavy (non-hydrogen) atoms. The van der Waals surface area contributed by atoms with Crippen LogP contribution in [0.3, 0.4) is 0 Å². The summed E-state index contributed by atoms with van der Waals surface area (Å²) < 4.78 is 0. The van der Waals surface area contributed by atoms with E-state index in [1.54, 1.807) is 18.5 Å². The fourth-order valence-electron chi connectivity index (χ4n) is 0.733. The highest BCUT2D eigenvalue weighted by Gasteiger charge is 2.00. The quantitative estimate of drug-likeness (QED) is 0.558. The molecule has 2 aromatic heterocycles. The van der Waals surface area contributed by atoms with Crippen LogP contribution in [0.2, 0.25) is 0 Å². The van der Waals surface area contributed by atoms with Gasteiger partial charge >= 0.3 is 0 Å². The van der Waals surface area contributed by atoms with Gasteiger partial charge in [-0.15, -0.1) is 10.2 Å². The summed E-state index contributed by atoms with van der Waals surface area (Å²) in [5.74, 6) is 1.28. The van der Waals surface area contributed by atoms with Crippen LogP contribution in [0.5, 0.6) is 0 Å². The van der Waals surface area contributed by atoms with Crippen molar-refractivity contribution >= 4 is 11.8 Å². The zero-order valence-corrected chi connectivity index (χ0v) is 7.40. The van der Waals surface area contributed by atoms with Gasteiger partial charge in [-0.25, -0.2) is 9.97 Å². The number of aromatic amines is 1. The lowest BCUT2D eigenvalue weighted by molar-refractivity contribution is 0.881. The minimum absolute atomic E-state index is 0.626. The predicted octanol–water partition coefficient (Wildman–Crippen LogP) is 0.282. The van der Waals surface area contributed by atoms with E-state index in [0.717, 1.165) is 0 Å². The van der Waals surface area contributed by atoms with Crippen molar-refractivity contribution in [1.82, 2.24) is 30.6 Å². The van der Waals surface area contributed by atoms with Gasteiger partial charge in [-0.3, -0.25) is 0 Å². The van der Waals surface area contributed by atoms with Gasteiger partial charge in [0.05, 0.1) is 5.75 Å². The maximum absolute atomic E-state index is 4.04. The average Bonchev–Trinajstić information content (AvgIpc) is 2.69. The first-order chi connectivity index (χ1) is 6.45. The Morgan fingerprint density at radius 1 is 1.31 bits per heavy atom. The smallest absolute Gasteiger partial charge is 0.187 e. The van der Waals surface area contributed by atoms with Gasteiger partial charge in [0, 0.05) is 12.4 Å². The van der Waals surface area contributed by atoms with Crippen LogP contribution in [0.15, 0.2) is 23.6 Å². The van der Waals surface area contributed by atoms with E-state index < -0.39 is 0 Å². The normalized spacial score (nSPS) is 10.2. The van der Waals surface area contributed by atoms with Crippen molar-refractivity contribution in [3.63, 3.8) is 0 Å². The van der Waals surface area contributed by atoms with Gasteiger partial charge < -0.3 is 0 Å². The highest BCUT2D eigenvalue weighted by atomic mass is 32.2. The Labute approximate surface area is 78.2 Å². The molecule has 6 nitrogen and oxygen atoms in total. The summed E-state index contributed by atoms with van der Waals surface area (Å²) in [4.78, 5) is 8.09. The van der Waals surface area contributed by atoms with Gasteiger partial charge in [0.1, 0.15) is 0 Å². The summed E-state index contributed by atoms with van der Waals surface area (Å²) in [5.41, 5.74) is 0. The average molecular weight is 194 g/mol. The van der Waals surface area contributed by atoms with Crippen LogP contribution in [-0.2, 0) is 5.75 Å². The number of H-pyrrole nitrogens is 1. The monoisotopic (exact) mass is 194 g/mol. The lowest BCUT2D eigenvalue weighted by Gasteiger charge is -1.93. The molecule has 2 aromatic rings. The second-order valence-electron chi connectivity index (χ2n) is 2.15. The molecular formula is C6H6N6S. The van der Waals surface area contributed by atoms with E-state index in [-0.39, 0.29) is 0 Å². The standard InChI is InChI=1S/C6H6N6S/c1-2-7-6(8-3-1)13-4-5-9-11-12-10-5/h1-3H,4H2,(H,9,10,11,12). The van der Waals surface area contributed by atoms with Crippen LogP contribution in [-0.4, -0.2) is 30.6 Å². The van der Waals surface area contributed by atoms with Crippen LogP contribution in [0, 0.1) is 0 Å². The maximum Gasteiger partial charge on any atom is 0.187 e. The first kappa shape index (κ1) is 8.11. The number of tetrazole rings is 1. The first-order valence-electron chi connectivity index (χ1n) is 3.57. The molecule has 0 aromatic carbocycles. The van der Waals surface area contributed by atoms with Crippen LogP contribution in [0.4, 0.5) is 0 Å². The number of rotatable bonds is 3. The zero-order chi connectivity index (χ0) is 8.93. The molecule has 7 heteroatoms. The van der Waals surface area contributed by atoms with Gasteiger partial charge in [-0.2, -0.15) is 5.21 Å². The molecule has 2 heterocycles. The molecule has 0 aliphatic carbocycles. The first-order valence-corrected chi connectivity index (χ1v) is 4.56. The SMILES string of the molecule is c1cnc(SCc2nn[nH]n2)nc1. The van der Waals surface area contributed by atoms with Crippen molar-refractivity contribution in [2.24, 2.45) is 0 Å². The van der Waals surface area contributed by atoms with Crippen molar-refractivity contribution in [3.05, 3.63) is 24.3 Å². The molecule has 0 unspecified atom stereocenters. The fraction of sp³-hybridized carbons (Fsp3) is 0.167. The minimum Gasteiger partial charge on any atom is -0.231 e. The molecule has 0 aliphatic heterocycles.